The summed E-state index contributed by atoms with van der Waals surface area (Å²) in [7, 11) is 1.20. The van der Waals surface area contributed by atoms with Gasteiger partial charge in [0.2, 0.25) is 5.92 Å². The highest BCUT2D eigenvalue weighted by Crippen LogP contribution is 2.38. The Balaban J connectivity index is 2.53. The zero-order valence-corrected chi connectivity index (χ0v) is 13.5. The van der Waals surface area contributed by atoms with Gasteiger partial charge in [-0.2, -0.15) is 13.2 Å². The maximum Gasteiger partial charge on any atom is 0.416 e. The fourth-order valence-corrected chi connectivity index (χ4v) is 2.91. The van der Waals surface area contributed by atoms with E-state index in [1.54, 1.807) is 0 Å². The highest BCUT2D eigenvalue weighted by molar-refractivity contribution is 5.95. The first-order valence-electron chi connectivity index (χ1n) is 7.64. The third kappa shape index (κ3) is 4.59. The number of methoxy groups -OCH3 is 1. The topological polar surface area (TPSA) is 49.8 Å². The van der Waals surface area contributed by atoms with Gasteiger partial charge in [0.15, 0.2) is 0 Å². The van der Waals surface area contributed by atoms with Gasteiger partial charge in [0.05, 0.1) is 23.4 Å². The second-order valence-electron chi connectivity index (χ2n) is 5.96. The van der Waals surface area contributed by atoms with Crippen LogP contribution in [0, 0.1) is 0 Å². The quantitative estimate of drug-likeness (QED) is 0.812. The molecule has 1 aromatic rings. The Morgan fingerprint density at radius 1 is 1.28 bits per heavy atom. The number of nitrogens with zero attached hydrogens (tertiary/aromatic N) is 1. The number of alkyl halides is 5. The van der Waals surface area contributed by atoms with E-state index in [1.165, 1.54) is 12.0 Å². The smallest absolute Gasteiger partial charge is 0.416 e. The van der Waals surface area contributed by atoms with Crippen LogP contribution < -0.4 is 4.90 Å². The standard InChI is InChI=1S/C16H18F5NO3/c1-25-9-10-7-11(14(23)24)13(8-12(10)16(19,20)21)22-5-2-3-15(17,18)4-6-22/h7-8H,2-6,9H2,1H3,(H,23,24). The number of hydrogen-bond donors (Lipinski definition) is 1. The van der Waals surface area contributed by atoms with E-state index in [1.807, 2.05) is 0 Å². The largest absolute Gasteiger partial charge is 0.478 e. The van der Waals surface area contributed by atoms with Gasteiger partial charge in [-0.3, -0.25) is 0 Å². The van der Waals surface area contributed by atoms with Crippen molar-refractivity contribution < 1.29 is 36.6 Å². The van der Waals surface area contributed by atoms with Crippen molar-refractivity contribution in [2.45, 2.75) is 38.0 Å². The van der Waals surface area contributed by atoms with Crippen LogP contribution in [-0.2, 0) is 17.5 Å². The van der Waals surface area contributed by atoms with E-state index in [0.29, 0.717) is 0 Å². The number of carboxylic acids is 1. The van der Waals surface area contributed by atoms with Gasteiger partial charge in [-0.25, -0.2) is 13.6 Å². The highest BCUT2D eigenvalue weighted by atomic mass is 19.4. The molecule has 0 unspecified atom stereocenters. The Labute approximate surface area is 141 Å². The van der Waals surface area contributed by atoms with Gasteiger partial charge in [0.1, 0.15) is 0 Å². The van der Waals surface area contributed by atoms with Crippen molar-refractivity contribution in [2.24, 2.45) is 0 Å². The van der Waals surface area contributed by atoms with Crippen LogP contribution in [0.5, 0.6) is 0 Å². The zero-order valence-electron chi connectivity index (χ0n) is 13.5. The number of rotatable bonds is 4. The van der Waals surface area contributed by atoms with Gasteiger partial charge in [0, 0.05) is 33.0 Å². The van der Waals surface area contributed by atoms with Crippen LogP contribution in [-0.4, -0.2) is 37.2 Å². The number of halogens is 5. The lowest BCUT2D eigenvalue weighted by molar-refractivity contribution is -0.138. The second-order valence-corrected chi connectivity index (χ2v) is 5.96. The molecule has 1 fully saturated rings. The molecule has 1 N–H and O–H groups in total. The molecule has 1 aliphatic heterocycles. The molecular formula is C16H18F5NO3. The maximum atomic E-state index is 13.5. The van der Waals surface area contributed by atoms with E-state index in [0.717, 1.165) is 12.1 Å². The Bertz CT molecular complexity index is 645. The van der Waals surface area contributed by atoms with Crippen molar-refractivity contribution in [3.8, 4) is 0 Å². The van der Waals surface area contributed by atoms with Crippen LogP contribution in [0.15, 0.2) is 12.1 Å². The van der Waals surface area contributed by atoms with Crippen molar-refractivity contribution in [3.05, 3.63) is 28.8 Å². The number of anilines is 1. The van der Waals surface area contributed by atoms with Crippen molar-refractivity contribution in [1.82, 2.24) is 0 Å². The fourth-order valence-electron chi connectivity index (χ4n) is 2.91. The summed E-state index contributed by atoms with van der Waals surface area (Å²) in [5.74, 6) is -4.32. The molecule has 1 aliphatic rings. The Hall–Kier alpha value is -1.90. The summed E-state index contributed by atoms with van der Waals surface area (Å²) >= 11 is 0. The SMILES string of the molecule is COCc1cc(C(=O)O)c(N2CCCC(F)(F)CC2)cc1C(F)(F)F. The average molecular weight is 367 g/mol. The van der Waals surface area contributed by atoms with E-state index < -0.39 is 36.7 Å². The number of ether oxygens (including phenoxy) is 1. The molecule has 0 amide bonds. The third-order valence-corrected chi connectivity index (χ3v) is 4.12. The molecule has 1 aromatic carbocycles. The second kappa shape index (κ2) is 7.15. The normalized spacial score (nSPS) is 18.1. The molecule has 1 saturated heterocycles. The van der Waals surface area contributed by atoms with Crippen LogP contribution in [0.2, 0.25) is 0 Å². The first-order chi connectivity index (χ1) is 11.5. The van der Waals surface area contributed by atoms with Crippen LogP contribution >= 0.6 is 0 Å². The average Bonchev–Trinajstić information content (AvgIpc) is 2.67. The van der Waals surface area contributed by atoms with E-state index in [-0.39, 0.29) is 42.7 Å². The predicted octanol–water partition coefficient (Wildman–Crippen LogP) is 4.18. The van der Waals surface area contributed by atoms with E-state index >= 15 is 0 Å². The molecule has 0 saturated carbocycles. The molecule has 0 spiro atoms. The minimum atomic E-state index is -4.71. The molecule has 9 heteroatoms. The van der Waals surface area contributed by atoms with Crippen LogP contribution in [0.1, 0.15) is 40.7 Å². The van der Waals surface area contributed by atoms with Gasteiger partial charge in [-0.15, -0.1) is 0 Å². The van der Waals surface area contributed by atoms with Crippen LogP contribution in [0.25, 0.3) is 0 Å². The molecule has 0 aliphatic carbocycles. The minimum absolute atomic E-state index is 0.0627. The lowest BCUT2D eigenvalue weighted by Crippen LogP contribution is -2.28. The Morgan fingerprint density at radius 3 is 2.52 bits per heavy atom. The number of carboxylic acid groups (broad SMARTS) is 1. The summed E-state index contributed by atoms with van der Waals surface area (Å²) in [6, 6.07) is 1.63. The first kappa shape index (κ1) is 19.4. The molecule has 1 heterocycles. The molecule has 0 radical (unpaired) electrons. The molecule has 25 heavy (non-hydrogen) atoms. The maximum absolute atomic E-state index is 13.5. The van der Waals surface area contributed by atoms with Gasteiger partial charge >= 0.3 is 12.1 Å². The fraction of sp³-hybridized carbons (Fsp3) is 0.562. The first-order valence-corrected chi connectivity index (χ1v) is 7.64. The van der Waals surface area contributed by atoms with E-state index in [2.05, 4.69) is 0 Å². The summed E-state index contributed by atoms with van der Waals surface area (Å²) in [6.07, 6.45) is -5.56. The molecule has 0 aromatic heterocycles. The van der Waals surface area contributed by atoms with Crippen LogP contribution in [0.4, 0.5) is 27.6 Å². The molecule has 0 bridgehead atoms. The molecule has 0 atom stereocenters. The number of aromatic carboxylic acids is 1. The molecular weight excluding hydrogens is 349 g/mol. The van der Waals surface area contributed by atoms with Crippen molar-refractivity contribution in [3.63, 3.8) is 0 Å². The summed E-state index contributed by atoms with van der Waals surface area (Å²) in [5, 5.41) is 9.36. The monoisotopic (exact) mass is 367 g/mol. The summed E-state index contributed by atoms with van der Waals surface area (Å²) in [6.45, 7) is -0.557. The summed E-state index contributed by atoms with van der Waals surface area (Å²) < 4.78 is 71.7. The van der Waals surface area contributed by atoms with Crippen molar-refractivity contribution in [2.75, 3.05) is 25.1 Å². The lowest BCUT2D eigenvalue weighted by atomic mass is 10.0. The summed E-state index contributed by atoms with van der Waals surface area (Å²) in [5.41, 5.74) is -1.88. The molecule has 2 rings (SSSR count). The van der Waals surface area contributed by atoms with Crippen LogP contribution in [0.3, 0.4) is 0 Å². The molecule has 4 nitrogen and oxygen atoms in total. The lowest BCUT2D eigenvalue weighted by Gasteiger charge is -2.26. The Kier molecular flexibility index (Phi) is 5.55. The van der Waals surface area contributed by atoms with Crippen molar-refractivity contribution in [1.29, 1.82) is 0 Å². The third-order valence-electron chi connectivity index (χ3n) is 4.12. The zero-order chi connectivity index (χ0) is 18.8. The van der Waals surface area contributed by atoms with Gasteiger partial charge < -0.3 is 14.7 Å². The van der Waals surface area contributed by atoms with E-state index in [9.17, 15) is 31.9 Å². The minimum Gasteiger partial charge on any atom is -0.478 e. The number of benzene rings is 1. The van der Waals surface area contributed by atoms with Crippen molar-refractivity contribution >= 4 is 11.7 Å². The number of hydrogen-bond acceptors (Lipinski definition) is 3. The highest BCUT2D eigenvalue weighted by Gasteiger charge is 2.37. The Morgan fingerprint density at radius 2 is 1.96 bits per heavy atom. The van der Waals surface area contributed by atoms with Gasteiger partial charge in [-0.05, 0) is 24.1 Å². The molecule has 140 valence electrons. The summed E-state index contributed by atoms with van der Waals surface area (Å²) in [4.78, 5) is 12.8. The van der Waals surface area contributed by atoms with E-state index in [4.69, 9.17) is 4.74 Å². The van der Waals surface area contributed by atoms with Gasteiger partial charge in [0.25, 0.3) is 0 Å². The number of carbonyl (C=O) groups is 1. The van der Waals surface area contributed by atoms with Gasteiger partial charge in [-0.1, -0.05) is 0 Å². The predicted molar refractivity (Wildman–Crippen MR) is 80.1 cm³/mol.